The fraction of sp³-hybridized carbons (Fsp3) is 0.600. The Morgan fingerprint density at radius 1 is 1.43 bits per heavy atom. The molecule has 0 bridgehead atoms. The van der Waals surface area contributed by atoms with Gasteiger partial charge in [0.2, 0.25) is 5.91 Å². The van der Waals surface area contributed by atoms with Gasteiger partial charge in [-0.3, -0.25) is 4.79 Å². The lowest BCUT2D eigenvalue weighted by Gasteiger charge is -2.24. The van der Waals surface area contributed by atoms with Gasteiger partial charge >= 0.3 is 5.97 Å². The molecule has 1 aliphatic carbocycles. The highest BCUT2D eigenvalue weighted by Gasteiger charge is 2.33. The average Bonchev–Trinajstić information content (AvgIpc) is 3.05. The summed E-state index contributed by atoms with van der Waals surface area (Å²) in [4.78, 5) is 25.7. The van der Waals surface area contributed by atoms with Crippen LogP contribution in [0.2, 0.25) is 0 Å². The van der Waals surface area contributed by atoms with E-state index < -0.39 is 5.41 Å². The van der Waals surface area contributed by atoms with Crippen molar-refractivity contribution in [2.24, 2.45) is 11.1 Å². The fourth-order valence-corrected chi connectivity index (χ4v) is 3.73. The molecule has 2 rings (SSSR count). The summed E-state index contributed by atoms with van der Waals surface area (Å²) in [6.07, 6.45) is 3.53. The number of methoxy groups -OCH3 is 1. The highest BCUT2D eigenvalue weighted by molar-refractivity contribution is 7.17. The largest absolute Gasteiger partial charge is 0.465 e. The van der Waals surface area contributed by atoms with Crippen molar-refractivity contribution in [1.29, 1.82) is 0 Å². The van der Waals surface area contributed by atoms with Gasteiger partial charge in [-0.1, -0.05) is 6.92 Å². The molecule has 0 radical (unpaired) electrons. The van der Waals surface area contributed by atoms with Gasteiger partial charge in [0.1, 0.15) is 5.00 Å². The molecular weight excluding hydrogens is 288 g/mol. The molecule has 0 aliphatic heterocycles. The van der Waals surface area contributed by atoms with Crippen molar-refractivity contribution < 1.29 is 14.3 Å². The number of nitrogens with two attached hydrogens (primary N) is 1. The second-order valence-corrected chi connectivity index (χ2v) is 6.73. The molecule has 1 unspecified atom stereocenters. The summed E-state index contributed by atoms with van der Waals surface area (Å²) in [6, 6.07) is 0. The van der Waals surface area contributed by atoms with E-state index in [1.54, 1.807) is 0 Å². The molecule has 0 aromatic carbocycles. The number of thiophene rings is 1. The Hall–Kier alpha value is -1.40. The third-order valence-electron chi connectivity index (χ3n) is 4.32. The van der Waals surface area contributed by atoms with Gasteiger partial charge in [-0.25, -0.2) is 4.79 Å². The molecule has 5 nitrogen and oxygen atoms in total. The third-order valence-corrected chi connectivity index (χ3v) is 5.52. The molecule has 116 valence electrons. The number of rotatable bonds is 5. The molecule has 1 aromatic rings. The summed E-state index contributed by atoms with van der Waals surface area (Å²) in [5.41, 5.74) is 6.66. The Morgan fingerprint density at radius 3 is 2.71 bits per heavy atom. The van der Waals surface area contributed by atoms with Crippen LogP contribution in [0, 0.1) is 5.41 Å². The van der Waals surface area contributed by atoms with Crippen LogP contribution in [0.15, 0.2) is 0 Å². The van der Waals surface area contributed by atoms with Gasteiger partial charge in [-0.05, 0) is 38.2 Å². The second-order valence-electron chi connectivity index (χ2n) is 5.63. The highest BCUT2D eigenvalue weighted by Crippen LogP contribution is 2.40. The lowest BCUT2D eigenvalue weighted by atomic mass is 9.87. The standard InChI is InChI=1S/C15H22N2O3S/c1-4-15(2,8-16)14(19)17-12-11(13(18)20-3)9-6-5-7-10(9)21-12/h4-8,16H2,1-3H3,(H,17,19). The number of aryl methyl sites for hydroxylation is 1. The van der Waals surface area contributed by atoms with Gasteiger partial charge in [-0.2, -0.15) is 0 Å². The summed E-state index contributed by atoms with van der Waals surface area (Å²) in [6.45, 7) is 4.04. The molecule has 0 saturated carbocycles. The number of fused-ring (bicyclic) bond motifs is 1. The molecule has 1 atom stereocenters. The Morgan fingerprint density at radius 2 is 2.14 bits per heavy atom. The third kappa shape index (κ3) is 2.82. The average molecular weight is 310 g/mol. The van der Waals surface area contributed by atoms with E-state index >= 15 is 0 Å². The zero-order valence-electron chi connectivity index (χ0n) is 12.7. The predicted octanol–water partition coefficient (Wildman–Crippen LogP) is 2.34. The first kappa shape index (κ1) is 16.0. The van der Waals surface area contributed by atoms with Gasteiger partial charge in [0.25, 0.3) is 0 Å². The number of amides is 1. The molecule has 1 aromatic heterocycles. The Kier molecular flexibility index (Phi) is 4.68. The van der Waals surface area contributed by atoms with Crippen molar-refractivity contribution in [3.63, 3.8) is 0 Å². The van der Waals surface area contributed by atoms with Crippen LogP contribution >= 0.6 is 11.3 Å². The van der Waals surface area contributed by atoms with E-state index in [0.717, 1.165) is 24.8 Å². The summed E-state index contributed by atoms with van der Waals surface area (Å²) >= 11 is 1.48. The van der Waals surface area contributed by atoms with Crippen LogP contribution in [0.3, 0.4) is 0 Å². The zero-order valence-corrected chi connectivity index (χ0v) is 13.6. The van der Waals surface area contributed by atoms with Crippen molar-refractivity contribution in [2.75, 3.05) is 19.0 Å². The van der Waals surface area contributed by atoms with Crippen molar-refractivity contribution in [2.45, 2.75) is 39.5 Å². The second kappa shape index (κ2) is 6.15. The van der Waals surface area contributed by atoms with Crippen LogP contribution < -0.4 is 11.1 Å². The minimum atomic E-state index is -0.623. The molecule has 6 heteroatoms. The maximum atomic E-state index is 12.4. The van der Waals surface area contributed by atoms with Gasteiger partial charge in [0.15, 0.2) is 0 Å². The van der Waals surface area contributed by atoms with Crippen LogP contribution in [0.25, 0.3) is 0 Å². The van der Waals surface area contributed by atoms with E-state index in [1.165, 1.54) is 23.3 Å². The van der Waals surface area contributed by atoms with Crippen molar-refractivity contribution in [3.8, 4) is 0 Å². The smallest absolute Gasteiger partial charge is 0.341 e. The molecule has 3 N–H and O–H groups in total. The van der Waals surface area contributed by atoms with Crippen LogP contribution in [0.5, 0.6) is 0 Å². The number of esters is 1. The summed E-state index contributed by atoms with van der Waals surface area (Å²) in [5, 5.41) is 3.50. The first-order valence-corrected chi connectivity index (χ1v) is 8.02. The molecule has 1 amide bonds. The maximum Gasteiger partial charge on any atom is 0.341 e. The number of hydrogen-bond donors (Lipinski definition) is 2. The number of anilines is 1. The van der Waals surface area contributed by atoms with Crippen LogP contribution in [0.1, 0.15) is 47.5 Å². The molecule has 0 fully saturated rings. The van der Waals surface area contributed by atoms with Crippen molar-refractivity contribution >= 4 is 28.2 Å². The fourth-order valence-electron chi connectivity index (χ4n) is 2.46. The van der Waals surface area contributed by atoms with E-state index in [0.29, 0.717) is 17.0 Å². The first-order chi connectivity index (χ1) is 9.96. The molecule has 1 aliphatic rings. The predicted molar refractivity (Wildman–Crippen MR) is 83.8 cm³/mol. The molecule has 1 heterocycles. The van der Waals surface area contributed by atoms with E-state index in [-0.39, 0.29) is 18.4 Å². The van der Waals surface area contributed by atoms with Crippen LogP contribution in [-0.2, 0) is 22.4 Å². The number of hydrogen-bond acceptors (Lipinski definition) is 5. The zero-order chi connectivity index (χ0) is 15.6. The quantitative estimate of drug-likeness (QED) is 0.818. The molecule has 0 spiro atoms. The van der Waals surface area contributed by atoms with E-state index in [4.69, 9.17) is 10.5 Å². The Bertz CT molecular complexity index is 562. The van der Waals surface area contributed by atoms with Gasteiger partial charge in [-0.15, -0.1) is 11.3 Å². The van der Waals surface area contributed by atoms with Crippen molar-refractivity contribution in [1.82, 2.24) is 0 Å². The van der Waals surface area contributed by atoms with Gasteiger partial charge in [0.05, 0.1) is 18.1 Å². The van der Waals surface area contributed by atoms with E-state index in [9.17, 15) is 9.59 Å². The minimum absolute atomic E-state index is 0.141. The summed E-state index contributed by atoms with van der Waals surface area (Å²) in [7, 11) is 1.36. The maximum absolute atomic E-state index is 12.4. The summed E-state index contributed by atoms with van der Waals surface area (Å²) in [5.74, 6) is -0.520. The number of carbonyl (C=O) groups is 2. The monoisotopic (exact) mass is 310 g/mol. The highest BCUT2D eigenvalue weighted by atomic mass is 32.1. The topological polar surface area (TPSA) is 81.4 Å². The molecule has 21 heavy (non-hydrogen) atoms. The molecular formula is C15H22N2O3S. The number of carbonyl (C=O) groups excluding carboxylic acids is 2. The summed E-state index contributed by atoms with van der Waals surface area (Å²) < 4.78 is 4.87. The van der Waals surface area contributed by atoms with Crippen LogP contribution in [0.4, 0.5) is 5.00 Å². The normalized spacial score (nSPS) is 16.2. The Balaban J connectivity index is 2.33. The number of nitrogens with one attached hydrogen (secondary N) is 1. The lowest BCUT2D eigenvalue weighted by Crippen LogP contribution is -2.39. The SMILES string of the molecule is CCC(C)(CN)C(=O)Nc1sc2c(c1C(=O)OC)CCC2. The number of ether oxygens (including phenoxy) is 1. The van der Waals surface area contributed by atoms with Gasteiger partial charge in [0, 0.05) is 11.4 Å². The van der Waals surface area contributed by atoms with Crippen molar-refractivity contribution in [3.05, 3.63) is 16.0 Å². The lowest BCUT2D eigenvalue weighted by molar-refractivity contribution is -0.124. The van der Waals surface area contributed by atoms with E-state index in [1.807, 2.05) is 13.8 Å². The van der Waals surface area contributed by atoms with Gasteiger partial charge < -0.3 is 15.8 Å². The van der Waals surface area contributed by atoms with Crippen LogP contribution in [-0.4, -0.2) is 25.5 Å². The first-order valence-electron chi connectivity index (χ1n) is 7.21. The minimum Gasteiger partial charge on any atom is -0.465 e. The van der Waals surface area contributed by atoms with E-state index in [2.05, 4.69) is 5.32 Å². The molecule has 0 saturated heterocycles. The Labute approximate surface area is 128 Å².